The molecule has 1 fully saturated rings. The van der Waals surface area contributed by atoms with Crippen molar-refractivity contribution >= 4 is 10.1 Å². The van der Waals surface area contributed by atoms with Gasteiger partial charge in [-0.2, -0.15) is 8.42 Å². The van der Waals surface area contributed by atoms with Crippen LogP contribution in [0.1, 0.15) is 38.7 Å². The Morgan fingerprint density at radius 2 is 1.70 bits per heavy atom. The summed E-state index contributed by atoms with van der Waals surface area (Å²) in [4.78, 5) is 0.155. The summed E-state index contributed by atoms with van der Waals surface area (Å²) in [5, 5.41) is 0. The molecule has 0 saturated carbocycles. The maximum Gasteiger partial charge on any atom is 0.296 e. The number of aryl methyl sites for hydroxylation is 1. The van der Waals surface area contributed by atoms with Crippen molar-refractivity contribution in [2.45, 2.75) is 69.2 Å². The largest absolute Gasteiger partial charge is 0.356 e. The van der Waals surface area contributed by atoms with Gasteiger partial charge in [-0.25, -0.2) is 0 Å². The number of rotatable bonds is 9. The smallest absolute Gasteiger partial charge is 0.296 e. The summed E-state index contributed by atoms with van der Waals surface area (Å²) < 4.78 is 52.1. The number of methoxy groups -OCH3 is 2. The third-order valence-corrected chi connectivity index (χ3v) is 5.72. The van der Waals surface area contributed by atoms with Crippen molar-refractivity contribution in [2.75, 3.05) is 20.8 Å². The Bertz CT molecular complexity index is 681. The van der Waals surface area contributed by atoms with Crippen molar-refractivity contribution in [3.05, 3.63) is 29.8 Å². The molecule has 7 nitrogen and oxygen atoms in total. The van der Waals surface area contributed by atoms with Gasteiger partial charge in [-0.1, -0.05) is 17.7 Å². The van der Waals surface area contributed by atoms with Gasteiger partial charge >= 0.3 is 0 Å². The van der Waals surface area contributed by atoms with E-state index < -0.39 is 15.9 Å². The second-order valence-electron chi connectivity index (χ2n) is 7.13. The Balaban J connectivity index is 1.91. The van der Waals surface area contributed by atoms with Crippen LogP contribution >= 0.6 is 0 Å². The third kappa shape index (κ3) is 6.81. The monoisotopic (exact) mass is 402 g/mol. The van der Waals surface area contributed by atoms with Crippen molar-refractivity contribution in [1.29, 1.82) is 0 Å². The van der Waals surface area contributed by atoms with Gasteiger partial charge in [0.1, 0.15) is 0 Å². The third-order valence-electron chi connectivity index (χ3n) is 4.40. The molecule has 0 spiro atoms. The topological polar surface area (TPSA) is 80.3 Å². The number of hydrogen-bond acceptors (Lipinski definition) is 7. The molecule has 0 radical (unpaired) electrons. The first-order valence-corrected chi connectivity index (χ1v) is 10.4. The fourth-order valence-electron chi connectivity index (χ4n) is 3.11. The lowest BCUT2D eigenvalue weighted by Crippen LogP contribution is -2.46. The Hall–Kier alpha value is -1.03. The van der Waals surface area contributed by atoms with Gasteiger partial charge in [-0.05, 0) is 39.3 Å². The summed E-state index contributed by atoms with van der Waals surface area (Å²) in [5.41, 5.74) is 0.989. The standard InChI is InChI=1S/C19H30O7S/c1-14-6-8-17(9-7-14)27(20,21)24-11-10-15-12-16(13-18(22-4)23-5)26-19(2,3)25-15/h6-9,15-16,18H,10-13H2,1-5H3/t15-,16-/m1/s1. The number of ether oxygens (including phenoxy) is 4. The van der Waals surface area contributed by atoms with Crippen molar-refractivity contribution in [3.8, 4) is 0 Å². The number of benzene rings is 1. The van der Waals surface area contributed by atoms with Crippen LogP contribution < -0.4 is 0 Å². The lowest BCUT2D eigenvalue weighted by Gasteiger charge is -2.41. The molecule has 0 unspecified atom stereocenters. The van der Waals surface area contributed by atoms with Gasteiger partial charge in [0, 0.05) is 27.1 Å². The summed E-state index contributed by atoms with van der Waals surface area (Å²) in [6.07, 6.45) is 0.972. The fourth-order valence-corrected chi connectivity index (χ4v) is 4.03. The number of hydrogen-bond donors (Lipinski definition) is 0. The molecule has 1 saturated heterocycles. The van der Waals surface area contributed by atoms with E-state index in [2.05, 4.69) is 0 Å². The highest BCUT2D eigenvalue weighted by Gasteiger charge is 2.36. The summed E-state index contributed by atoms with van der Waals surface area (Å²) in [6, 6.07) is 6.58. The highest BCUT2D eigenvalue weighted by molar-refractivity contribution is 7.86. The maximum absolute atomic E-state index is 12.3. The average molecular weight is 403 g/mol. The Morgan fingerprint density at radius 3 is 2.30 bits per heavy atom. The van der Waals surface area contributed by atoms with Crippen LogP contribution in [0.2, 0.25) is 0 Å². The minimum Gasteiger partial charge on any atom is -0.356 e. The first kappa shape index (κ1) is 22.3. The predicted molar refractivity (Wildman–Crippen MR) is 99.8 cm³/mol. The molecule has 0 bridgehead atoms. The molecule has 1 aliphatic rings. The second kappa shape index (κ2) is 9.45. The minimum atomic E-state index is -3.77. The molecule has 1 aromatic rings. The van der Waals surface area contributed by atoms with Gasteiger partial charge in [-0.15, -0.1) is 0 Å². The van der Waals surface area contributed by atoms with Crippen molar-refractivity contribution in [1.82, 2.24) is 0 Å². The summed E-state index contributed by atoms with van der Waals surface area (Å²) in [5.74, 6) is -0.768. The van der Waals surface area contributed by atoms with Crippen LogP contribution in [0.5, 0.6) is 0 Å². The molecule has 0 N–H and O–H groups in total. The molecular formula is C19H30O7S. The fraction of sp³-hybridized carbons (Fsp3) is 0.684. The first-order valence-electron chi connectivity index (χ1n) is 9.02. The maximum atomic E-state index is 12.3. The molecule has 2 rings (SSSR count). The van der Waals surface area contributed by atoms with E-state index >= 15 is 0 Å². The quantitative estimate of drug-likeness (QED) is 0.464. The van der Waals surface area contributed by atoms with E-state index in [1.165, 1.54) is 0 Å². The lowest BCUT2D eigenvalue weighted by molar-refractivity contribution is -0.308. The van der Waals surface area contributed by atoms with E-state index in [9.17, 15) is 8.42 Å². The summed E-state index contributed by atoms with van der Waals surface area (Å²) >= 11 is 0. The zero-order valence-electron chi connectivity index (χ0n) is 16.6. The van der Waals surface area contributed by atoms with Crippen LogP contribution in [0.3, 0.4) is 0 Å². The highest BCUT2D eigenvalue weighted by Crippen LogP contribution is 2.31. The Morgan fingerprint density at radius 1 is 1.11 bits per heavy atom. The van der Waals surface area contributed by atoms with Crippen LogP contribution in [0.25, 0.3) is 0 Å². The van der Waals surface area contributed by atoms with Crippen molar-refractivity contribution in [2.24, 2.45) is 0 Å². The van der Waals surface area contributed by atoms with Gasteiger partial charge in [0.05, 0.1) is 23.7 Å². The lowest BCUT2D eigenvalue weighted by atomic mass is 10.0. The molecule has 1 aromatic carbocycles. The van der Waals surface area contributed by atoms with E-state index in [0.717, 1.165) is 5.56 Å². The minimum absolute atomic E-state index is 0.0433. The van der Waals surface area contributed by atoms with E-state index in [-0.39, 0.29) is 30.0 Å². The van der Waals surface area contributed by atoms with Gasteiger partial charge < -0.3 is 18.9 Å². The highest BCUT2D eigenvalue weighted by atomic mass is 32.2. The van der Waals surface area contributed by atoms with Gasteiger partial charge in [-0.3, -0.25) is 4.18 Å². The van der Waals surface area contributed by atoms with Crippen LogP contribution in [-0.4, -0.2) is 53.5 Å². The van der Waals surface area contributed by atoms with Crippen LogP contribution in [0.4, 0.5) is 0 Å². The van der Waals surface area contributed by atoms with E-state index in [0.29, 0.717) is 19.3 Å². The van der Waals surface area contributed by atoms with E-state index in [1.54, 1.807) is 38.5 Å². The Kier molecular flexibility index (Phi) is 7.79. The molecule has 2 atom stereocenters. The molecule has 1 aliphatic heterocycles. The molecule has 0 amide bonds. The van der Waals surface area contributed by atoms with Crippen LogP contribution in [-0.2, 0) is 33.2 Å². The average Bonchev–Trinajstić information content (AvgIpc) is 2.58. The van der Waals surface area contributed by atoms with E-state index in [4.69, 9.17) is 23.1 Å². The first-order chi connectivity index (χ1) is 12.6. The molecule has 154 valence electrons. The zero-order chi connectivity index (χ0) is 20.1. The summed E-state index contributed by atoms with van der Waals surface area (Å²) in [7, 11) is -0.607. The Labute approximate surface area is 162 Å². The molecule has 0 aliphatic carbocycles. The van der Waals surface area contributed by atoms with Gasteiger partial charge in [0.15, 0.2) is 12.1 Å². The molecular weight excluding hydrogens is 372 g/mol. The SMILES string of the molecule is COC(C[C@H]1C[C@@H](CCOS(=O)(=O)c2ccc(C)cc2)OC(C)(C)O1)OC. The van der Waals surface area contributed by atoms with Crippen LogP contribution in [0, 0.1) is 6.92 Å². The summed E-state index contributed by atoms with van der Waals surface area (Å²) in [6.45, 7) is 5.62. The van der Waals surface area contributed by atoms with Crippen molar-refractivity contribution in [3.63, 3.8) is 0 Å². The predicted octanol–water partition coefficient (Wildman–Crippen LogP) is 3.01. The van der Waals surface area contributed by atoms with Crippen molar-refractivity contribution < 1.29 is 31.5 Å². The van der Waals surface area contributed by atoms with Gasteiger partial charge in [0.25, 0.3) is 10.1 Å². The molecule has 27 heavy (non-hydrogen) atoms. The zero-order valence-corrected chi connectivity index (χ0v) is 17.5. The molecule has 0 aromatic heterocycles. The molecule has 8 heteroatoms. The normalized spacial score (nSPS) is 22.9. The molecule has 1 heterocycles. The van der Waals surface area contributed by atoms with E-state index in [1.807, 2.05) is 20.8 Å². The van der Waals surface area contributed by atoms with Crippen LogP contribution in [0.15, 0.2) is 29.2 Å². The van der Waals surface area contributed by atoms with Gasteiger partial charge in [0.2, 0.25) is 0 Å². The second-order valence-corrected chi connectivity index (χ2v) is 8.75.